The number of methoxy groups -OCH3 is 1. The van der Waals surface area contributed by atoms with Gasteiger partial charge in [-0.3, -0.25) is 9.48 Å². The van der Waals surface area contributed by atoms with E-state index in [2.05, 4.69) is 39.8 Å². The van der Waals surface area contributed by atoms with E-state index in [0.717, 1.165) is 40.6 Å². The molecule has 1 amide bonds. The molecule has 1 saturated heterocycles. The highest BCUT2D eigenvalue weighted by Crippen LogP contribution is 2.49. The Hall–Kier alpha value is -1.56. The van der Waals surface area contributed by atoms with Gasteiger partial charge in [-0.15, -0.1) is 0 Å². The second kappa shape index (κ2) is 6.01. The molecule has 2 atom stereocenters. The van der Waals surface area contributed by atoms with Crippen LogP contribution in [0, 0.1) is 11.3 Å². The van der Waals surface area contributed by atoms with Gasteiger partial charge < -0.3 is 9.64 Å². The number of hydrogen-bond acceptors (Lipinski definition) is 3. The lowest BCUT2D eigenvalue weighted by molar-refractivity contribution is -0.145. The summed E-state index contributed by atoms with van der Waals surface area (Å²) in [6, 6.07) is 4.49. The fourth-order valence-corrected chi connectivity index (χ4v) is 5.22. The third kappa shape index (κ3) is 2.84. The summed E-state index contributed by atoms with van der Waals surface area (Å²) in [5.74, 6) is 1.58. The second-order valence-corrected chi connectivity index (χ2v) is 8.67. The maximum atomic E-state index is 11.5. The second-order valence-electron chi connectivity index (χ2n) is 7.82. The first-order chi connectivity index (χ1) is 11.9. The molecule has 1 saturated carbocycles. The highest BCUT2D eigenvalue weighted by atomic mass is 79.9. The maximum absolute atomic E-state index is 11.5. The van der Waals surface area contributed by atoms with Gasteiger partial charge in [0, 0.05) is 43.1 Å². The molecule has 2 aromatic rings. The number of ether oxygens (including phenoxy) is 1. The summed E-state index contributed by atoms with van der Waals surface area (Å²) in [6.07, 6.45) is 5.63. The lowest BCUT2D eigenvalue weighted by atomic mass is 9.64. The third-order valence-electron chi connectivity index (χ3n) is 6.02. The van der Waals surface area contributed by atoms with Crippen LogP contribution in [0.3, 0.4) is 0 Å². The zero-order chi connectivity index (χ0) is 17.8. The predicted octanol–water partition coefficient (Wildman–Crippen LogP) is 4.02. The summed E-state index contributed by atoms with van der Waals surface area (Å²) in [5.41, 5.74) is 1.32. The smallest absolute Gasteiger partial charge is 0.219 e. The van der Waals surface area contributed by atoms with Crippen molar-refractivity contribution in [2.45, 2.75) is 39.2 Å². The SMILES string of the molecule is COc1cc2nn([C@@H]3CCC4(C[C@@H]3C)CN(C(C)=O)C4)cc2cc1Br. The van der Waals surface area contributed by atoms with E-state index in [9.17, 15) is 4.79 Å². The number of fused-ring (bicyclic) bond motifs is 1. The Balaban J connectivity index is 1.53. The molecule has 134 valence electrons. The number of rotatable bonds is 2. The van der Waals surface area contributed by atoms with Crippen molar-refractivity contribution in [1.82, 2.24) is 14.7 Å². The molecule has 2 heterocycles. The summed E-state index contributed by atoms with van der Waals surface area (Å²) >= 11 is 3.55. The number of benzene rings is 1. The Kier molecular flexibility index (Phi) is 4.06. The number of amides is 1. The van der Waals surface area contributed by atoms with Crippen LogP contribution in [-0.4, -0.2) is 40.8 Å². The molecule has 4 rings (SSSR count). The van der Waals surface area contributed by atoms with Gasteiger partial charge in [-0.25, -0.2) is 0 Å². The molecule has 25 heavy (non-hydrogen) atoms. The van der Waals surface area contributed by atoms with Crippen molar-refractivity contribution in [3.63, 3.8) is 0 Å². The number of carbonyl (C=O) groups excluding carboxylic acids is 1. The van der Waals surface area contributed by atoms with Crippen LogP contribution < -0.4 is 4.74 Å². The normalized spacial score (nSPS) is 25.2. The topological polar surface area (TPSA) is 47.4 Å². The van der Waals surface area contributed by atoms with E-state index in [4.69, 9.17) is 9.84 Å². The summed E-state index contributed by atoms with van der Waals surface area (Å²) in [4.78, 5) is 13.5. The average Bonchev–Trinajstić information content (AvgIpc) is 2.93. The number of carbonyl (C=O) groups is 1. The molecular weight excluding hydrogens is 382 g/mol. The van der Waals surface area contributed by atoms with Gasteiger partial charge in [0.15, 0.2) is 0 Å². The summed E-state index contributed by atoms with van der Waals surface area (Å²) in [5, 5.41) is 5.95. The molecule has 1 aliphatic carbocycles. The third-order valence-corrected chi connectivity index (χ3v) is 6.64. The van der Waals surface area contributed by atoms with E-state index < -0.39 is 0 Å². The van der Waals surface area contributed by atoms with E-state index in [0.29, 0.717) is 17.4 Å². The van der Waals surface area contributed by atoms with Crippen LogP contribution in [-0.2, 0) is 4.79 Å². The Labute approximate surface area is 156 Å². The highest BCUT2D eigenvalue weighted by molar-refractivity contribution is 9.10. The first-order valence-electron chi connectivity index (χ1n) is 8.89. The van der Waals surface area contributed by atoms with Crippen molar-refractivity contribution in [3.8, 4) is 5.75 Å². The van der Waals surface area contributed by atoms with Crippen LogP contribution in [0.25, 0.3) is 10.9 Å². The first kappa shape index (κ1) is 16.9. The predicted molar refractivity (Wildman–Crippen MR) is 101 cm³/mol. The number of aromatic nitrogens is 2. The zero-order valence-corrected chi connectivity index (χ0v) is 16.5. The molecule has 6 heteroatoms. The molecule has 0 bridgehead atoms. The maximum Gasteiger partial charge on any atom is 0.219 e. The minimum Gasteiger partial charge on any atom is -0.495 e. The van der Waals surface area contributed by atoms with Gasteiger partial charge in [-0.05, 0) is 47.2 Å². The van der Waals surface area contributed by atoms with Crippen molar-refractivity contribution < 1.29 is 9.53 Å². The Morgan fingerprint density at radius 1 is 1.40 bits per heavy atom. The fraction of sp³-hybridized carbons (Fsp3) is 0.579. The van der Waals surface area contributed by atoms with Crippen LogP contribution in [0.4, 0.5) is 0 Å². The quantitative estimate of drug-likeness (QED) is 0.757. The molecule has 2 aliphatic rings. The van der Waals surface area contributed by atoms with Crippen LogP contribution in [0.2, 0.25) is 0 Å². The van der Waals surface area contributed by atoms with Crippen molar-refractivity contribution >= 4 is 32.7 Å². The van der Waals surface area contributed by atoms with E-state index in [1.165, 1.54) is 12.8 Å². The van der Waals surface area contributed by atoms with Crippen molar-refractivity contribution in [3.05, 3.63) is 22.8 Å². The van der Waals surface area contributed by atoms with E-state index in [-0.39, 0.29) is 5.91 Å². The van der Waals surface area contributed by atoms with E-state index >= 15 is 0 Å². The highest BCUT2D eigenvalue weighted by Gasteiger charge is 2.48. The monoisotopic (exact) mass is 405 g/mol. The Bertz CT molecular complexity index is 825. The molecule has 0 N–H and O–H groups in total. The number of halogens is 1. The molecule has 2 fully saturated rings. The lowest BCUT2D eigenvalue weighted by Crippen LogP contribution is -2.60. The number of likely N-dealkylation sites (tertiary alicyclic amines) is 1. The largest absolute Gasteiger partial charge is 0.495 e. The van der Waals surface area contributed by atoms with Crippen LogP contribution in [0.15, 0.2) is 22.8 Å². The molecule has 0 unspecified atom stereocenters. The average molecular weight is 406 g/mol. The van der Waals surface area contributed by atoms with Crippen molar-refractivity contribution in [2.75, 3.05) is 20.2 Å². The van der Waals surface area contributed by atoms with E-state index in [1.807, 2.05) is 11.0 Å². The van der Waals surface area contributed by atoms with Gasteiger partial charge >= 0.3 is 0 Å². The number of hydrogen-bond donors (Lipinski definition) is 0. The zero-order valence-electron chi connectivity index (χ0n) is 15.0. The van der Waals surface area contributed by atoms with Crippen molar-refractivity contribution in [2.24, 2.45) is 11.3 Å². The molecule has 0 radical (unpaired) electrons. The van der Waals surface area contributed by atoms with Gasteiger partial charge in [0.2, 0.25) is 5.91 Å². The number of nitrogens with zero attached hydrogens (tertiary/aromatic N) is 3. The molecule has 1 spiro atoms. The molecule has 5 nitrogen and oxygen atoms in total. The molecule has 1 aromatic heterocycles. The lowest BCUT2D eigenvalue weighted by Gasteiger charge is -2.55. The molecular formula is C19H24BrN3O2. The van der Waals surface area contributed by atoms with Crippen molar-refractivity contribution in [1.29, 1.82) is 0 Å². The van der Waals surface area contributed by atoms with Gasteiger partial charge in [0.25, 0.3) is 0 Å². The molecule has 1 aliphatic heterocycles. The van der Waals surface area contributed by atoms with Crippen LogP contribution >= 0.6 is 15.9 Å². The summed E-state index contributed by atoms with van der Waals surface area (Å²) in [7, 11) is 1.68. The van der Waals surface area contributed by atoms with Gasteiger partial charge in [0.1, 0.15) is 5.75 Å². The van der Waals surface area contributed by atoms with Gasteiger partial charge in [-0.2, -0.15) is 5.10 Å². The van der Waals surface area contributed by atoms with Crippen LogP contribution in [0.5, 0.6) is 5.75 Å². The minimum atomic E-state index is 0.207. The fourth-order valence-electron chi connectivity index (χ4n) is 4.70. The van der Waals surface area contributed by atoms with Gasteiger partial charge in [0.05, 0.1) is 23.1 Å². The summed E-state index contributed by atoms with van der Waals surface area (Å²) in [6.45, 7) is 5.86. The van der Waals surface area contributed by atoms with E-state index in [1.54, 1.807) is 14.0 Å². The minimum absolute atomic E-state index is 0.207. The standard InChI is InChI=1S/C19H24BrN3O2/c1-12-8-19(10-22(11-19)13(2)24)5-4-17(12)23-9-14-6-15(20)18(25-3)7-16(14)21-23/h6-7,9,12,17H,4-5,8,10-11H2,1-3H3/t12-,17+/m0/s1. The Morgan fingerprint density at radius 2 is 2.16 bits per heavy atom. The summed E-state index contributed by atoms with van der Waals surface area (Å²) < 4.78 is 8.48. The first-order valence-corrected chi connectivity index (χ1v) is 9.68. The van der Waals surface area contributed by atoms with Gasteiger partial charge in [-0.1, -0.05) is 6.92 Å². The Morgan fingerprint density at radius 3 is 2.80 bits per heavy atom. The van der Waals surface area contributed by atoms with Crippen LogP contribution in [0.1, 0.15) is 39.2 Å². The molecule has 1 aromatic carbocycles.